The Balaban J connectivity index is 1.45. The summed E-state index contributed by atoms with van der Waals surface area (Å²) in [7, 11) is 1.24. The van der Waals surface area contributed by atoms with Crippen LogP contribution in [0.15, 0.2) is 54.6 Å². The van der Waals surface area contributed by atoms with Crippen LogP contribution in [-0.4, -0.2) is 51.7 Å². The van der Waals surface area contributed by atoms with Crippen molar-refractivity contribution in [1.82, 2.24) is 15.1 Å². The summed E-state index contributed by atoms with van der Waals surface area (Å²) < 4.78 is 46.7. The monoisotopic (exact) mass is 488 g/mol. The molecule has 182 valence electrons. The molecule has 35 heavy (non-hydrogen) atoms. The van der Waals surface area contributed by atoms with E-state index in [1.807, 2.05) is 53.8 Å². The van der Waals surface area contributed by atoms with Gasteiger partial charge in [0.05, 0.1) is 0 Å². The second-order valence-corrected chi connectivity index (χ2v) is 7.78. The first kappa shape index (κ1) is 23.8. The lowest BCUT2D eigenvalue weighted by atomic mass is 9.98. The minimum atomic E-state index is -5.15. The van der Waals surface area contributed by atoms with Gasteiger partial charge in [0.1, 0.15) is 12.4 Å². The number of ether oxygens (including phenoxy) is 1. The lowest BCUT2D eigenvalue weighted by Crippen LogP contribution is -2.53. The van der Waals surface area contributed by atoms with Gasteiger partial charge in [0.25, 0.3) is 5.91 Å². The first-order valence-electron chi connectivity index (χ1n) is 10.3. The van der Waals surface area contributed by atoms with Crippen LogP contribution in [-0.2, 0) is 16.6 Å². The number of carbonyl (C=O) groups excluding carboxylic acids is 2. The van der Waals surface area contributed by atoms with E-state index < -0.39 is 35.9 Å². The quantitative estimate of drug-likeness (QED) is 0.488. The first-order valence-corrected chi connectivity index (χ1v) is 10.3. The topological polar surface area (TPSA) is 123 Å². The van der Waals surface area contributed by atoms with Gasteiger partial charge in [0, 0.05) is 19.0 Å². The second kappa shape index (κ2) is 9.12. The molecule has 0 spiro atoms. The molecule has 1 unspecified atom stereocenters. The van der Waals surface area contributed by atoms with Crippen molar-refractivity contribution in [2.75, 3.05) is 11.9 Å². The normalized spacial score (nSPS) is 13.5. The number of aromatic nitrogens is 2. The molecule has 1 atom stereocenters. The molecule has 0 saturated heterocycles. The number of halogens is 3. The highest BCUT2D eigenvalue weighted by atomic mass is 19.4. The van der Waals surface area contributed by atoms with Gasteiger partial charge >= 0.3 is 18.2 Å². The van der Waals surface area contributed by atoms with Crippen LogP contribution in [0.2, 0.25) is 0 Å². The summed E-state index contributed by atoms with van der Waals surface area (Å²) in [5.41, 5.74) is 3.16. The van der Waals surface area contributed by atoms with Crippen LogP contribution >= 0.6 is 0 Å². The van der Waals surface area contributed by atoms with Crippen molar-refractivity contribution >= 4 is 23.8 Å². The largest absolute Gasteiger partial charge is 0.476 e. The average molecular weight is 488 g/mol. The van der Waals surface area contributed by atoms with Crippen molar-refractivity contribution in [1.29, 1.82) is 0 Å². The molecule has 0 bridgehead atoms. The third-order valence-corrected chi connectivity index (χ3v) is 5.55. The number of alkyl halides is 3. The van der Waals surface area contributed by atoms with Crippen molar-refractivity contribution in [2.45, 2.75) is 18.1 Å². The molecule has 4 rings (SSSR count). The molecule has 1 aliphatic rings. The van der Waals surface area contributed by atoms with E-state index in [-0.39, 0.29) is 18.3 Å². The molecular formula is C23H19F3N4O5. The van der Waals surface area contributed by atoms with Crippen LogP contribution in [0.3, 0.4) is 0 Å². The summed E-state index contributed by atoms with van der Waals surface area (Å²) in [6.07, 6.45) is -6.58. The number of hydrogen-bond donors (Lipinski definition) is 3. The molecule has 2 amide bonds. The maximum Gasteiger partial charge on any atom is 0.417 e. The van der Waals surface area contributed by atoms with Gasteiger partial charge in [-0.05, 0) is 22.3 Å². The van der Waals surface area contributed by atoms with E-state index in [1.54, 1.807) is 5.32 Å². The maximum absolute atomic E-state index is 13.6. The van der Waals surface area contributed by atoms with Crippen molar-refractivity contribution < 1.29 is 37.4 Å². The predicted octanol–water partition coefficient (Wildman–Crippen LogP) is 3.53. The van der Waals surface area contributed by atoms with E-state index in [9.17, 15) is 27.6 Å². The van der Waals surface area contributed by atoms with Gasteiger partial charge < -0.3 is 20.5 Å². The molecule has 1 heterocycles. The Labute approximate surface area is 196 Å². The number of aryl methyl sites for hydroxylation is 1. The summed E-state index contributed by atoms with van der Waals surface area (Å²) in [4.78, 5) is 35.6. The summed E-state index contributed by atoms with van der Waals surface area (Å²) in [6.45, 7) is -0.240. The number of rotatable bonds is 6. The summed E-state index contributed by atoms with van der Waals surface area (Å²) in [5, 5.41) is 16.0. The van der Waals surface area contributed by atoms with Crippen LogP contribution in [0.5, 0.6) is 0 Å². The Morgan fingerprint density at radius 3 is 2.17 bits per heavy atom. The van der Waals surface area contributed by atoms with Crippen molar-refractivity contribution in [3.63, 3.8) is 0 Å². The molecule has 0 aliphatic heterocycles. The number of carboxylic acid groups (broad SMARTS) is 1. The van der Waals surface area contributed by atoms with Crippen LogP contribution in [0, 0.1) is 0 Å². The fraction of sp³-hybridized carbons (Fsp3) is 0.217. The van der Waals surface area contributed by atoms with Gasteiger partial charge in [-0.2, -0.15) is 18.3 Å². The van der Waals surface area contributed by atoms with Crippen LogP contribution < -0.4 is 10.6 Å². The zero-order valence-corrected chi connectivity index (χ0v) is 18.2. The SMILES string of the molecule is Cn1nc(C(=O)O)cc1NC(=O)C(NC(=O)OCC1c2ccccc2-c2ccccc21)C(F)(F)F. The van der Waals surface area contributed by atoms with E-state index in [0.29, 0.717) is 0 Å². The lowest BCUT2D eigenvalue weighted by molar-refractivity contribution is -0.164. The molecule has 12 heteroatoms. The molecule has 9 nitrogen and oxygen atoms in total. The van der Waals surface area contributed by atoms with Crippen molar-refractivity contribution in [2.24, 2.45) is 7.05 Å². The van der Waals surface area contributed by atoms with E-state index >= 15 is 0 Å². The predicted molar refractivity (Wildman–Crippen MR) is 117 cm³/mol. The minimum absolute atomic E-state index is 0.240. The third kappa shape index (κ3) is 4.81. The van der Waals surface area contributed by atoms with Gasteiger partial charge in [0.15, 0.2) is 5.69 Å². The highest BCUT2D eigenvalue weighted by Gasteiger charge is 2.47. The minimum Gasteiger partial charge on any atom is -0.476 e. The Bertz CT molecular complexity index is 1260. The molecule has 0 fully saturated rings. The smallest absolute Gasteiger partial charge is 0.417 e. The number of amides is 2. The number of nitrogens with zero attached hydrogens (tertiary/aromatic N) is 2. The van der Waals surface area contributed by atoms with E-state index in [4.69, 9.17) is 9.84 Å². The van der Waals surface area contributed by atoms with Crippen molar-refractivity contribution in [3.8, 4) is 11.1 Å². The van der Waals surface area contributed by atoms with E-state index in [0.717, 1.165) is 33.0 Å². The highest BCUT2D eigenvalue weighted by Crippen LogP contribution is 2.44. The van der Waals surface area contributed by atoms with Gasteiger partial charge in [-0.3, -0.25) is 9.48 Å². The van der Waals surface area contributed by atoms with E-state index in [1.165, 1.54) is 7.05 Å². The number of anilines is 1. The van der Waals surface area contributed by atoms with Crippen LogP contribution in [0.4, 0.5) is 23.8 Å². The van der Waals surface area contributed by atoms with E-state index in [2.05, 4.69) is 5.10 Å². The number of aromatic carboxylic acids is 1. The van der Waals surface area contributed by atoms with Gasteiger partial charge in [-0.25, -0.2) is 9.59 Å². The Morgan fingerprint density at radius 2 is 1.66 bits per heavy atom. The summed E-state index contributed by atoms with van der Waals surface area (Å²) in [5.74, 6) is -3.73. The Hall–Kier alpha value is -4.35. The third-order valence-electron chi connectivity index (χ3n) is 5.55. The fourth-order valence-corrected chi connectivity index (χ4v) is 3.94. The number of carbonyl (C=O) groups is 3. The molecule has 0 radical (unpaired) electrons. The number of nitrogens with one attached hydrogen (secondary N) is 2. The standard InChI is InChI=1S/C23H19F3N4O5/c1-30-18(10-17(29-30)21(32)33)27-20(31)19(23(24,25)26)28-22(34)35-11-16-14-8-4-2-6-12(14)13-7-3-5-9-15(13)16/h2-10,16,19H,11H2,1H3,(H,27,31)(H,28,34)(H,32,33). The molecule has 1 aromatic heterocycles. The zero-order chi connectivity index (χ0) is 25.3. The summed E-state index contributed by atoms with van der Waals surface area (Å²) in [6, 6.07) is 12.8. The molecular weight excluding hydrogens is 469 g/mol. The number of alkyl carbamates (subject to hydrolysis) is 1. The summed E-state index contributed by atoms with van der Waals surface area (Å²) >= 11 is 0. The Kier molecular flexibility index (Phi) is 6.20. The maximum atomic E-state index is 13.6. The van der Waals surface area contributed by atoms with Crippen LogP contribution in [0.1, 0.15) is 27.5 Å². The zero-order valence-electron chi connectivity index (χ0n) is 18.2. The van der Waals surface area contributed by atoms with Gasteiger partial charge in [-0.15, -0.1) is 0 Å². The molecule has 2 aromatic carbocycles. The number of benzene rings is 2. The van der Waals surface area contributed by atoms with Crippen LogP contribution in [0.25, 0.3) is 11.1 Å². The second-order valence-electron chi connectivity index (χ2n) is 7.78. The molecule has 0 saturated carbocycles. The Morgan fingerprint density at radius 1 is 1.09 bits per heavy atom. The number of hydrogen-bond acceptors (Lipinski definition) is 5. The molecule has 3 N–H and O–H groups in total. The number of carboxylic acids is 1. The first-order chi connectivity index (χ1) is 16.6. The number of fused-ring (bicyclic) bond motifs is 3. The molecule has 1 aliphatic carbocycles. The average Bonchev–Trinajstić information content (AvgIpc) is 3.33. The highest BCUT2D eigenvalue weighted by molar-refractivity contribution is 5.97. The lowest BCUT2D eigenvalue weighted by Gasteiger charge is -2.21. The van der Waals surface area contributed by atoms with Gasteiger partial charge in [-0.1, -0.05) is 48.5 Å². The van der Waals surface area contributed by atoms with Gasteiger partial charge in [0.2, 0.25) is 6.04 Å². The van der Waals surface area contributed by atoms with Crippen molar-refractivity contribution in [3.05, 3.63) is 71.4 Å². The molecule has 3 aromatic rings. The fourth-order valence-electron chi connectivity index (χ4n) is 3.94.